The zero-order valence-corrected chi connectivity index (χ0v) is 37.3. The normalized spacial score (nSPS) is 10.6. The average Bonchev–Trinajstić information content (AvgIpc) is 2.99. The van der Waals surface area contributed by atoms with Crippen molar-refractivity contribution in [1.82, 2.24) is 0 Å². The van der Waals surface area contributed by atoms with Crippen molar-refractivity contribution in [2.75, 3.05) is 0 Å². The van der Waals surface area contributed by atoms with E-state index in [1.807, 2.05) is 24.3 Å². The number of benzene rings is 4. The summed E-state index contributed by atoms with van der Waals surface area (Å²) in [6.45, 7) is 28.4. The Morgan fingerprint density at radius 3 is 0.542 bits per heavy atom. The van der Waals surface area contributed by atoms with Gasteiger partial charge in [0, 0.05) is 48.8 Å². The molecular formula is C42H64Ni2P4. The van der Waals surface area contributed by atoms with Crippen LogP contribution in [0.5, 0.6) is 0 Å². The maximum Gasteiger partial charge on any atom is 0.0624 e. The third-order valence-corrected chi connectivity index (χ3v) is 17.8. The van der Waals surface area contributed by atoms with Crippen molar-refractivity contribution in [1.29, 1.82) is 0 Å². The quantitative estimate of drug-likeness (QED) is 0.111. The molecule has 0 bridgehead atoms. The van der Waals surface area contributed by atoms with Gasteiger partial charge in [-0.25, -0.2) is 21.2 Å². The van der Waals surface area contributed by atoms with Crippen molar-refractivity contribution in [3.63, 3.8) is 0 Å². The number of rotatable bonds is 10. The topological polar surface area (TPSA) is 0 Å². The van der Waals surface area contributed by atoms with E-state index >= 15 is 0 Å². The molecule has 0 atom stereocenters. The maximum atomic E-state index is 2.37. The van der Waals surface area contributed by atoms with Crippen LogP contribution in [0.2, 0.25) is 0 Å². The van der Waals surface area contributed by atoms with Gasteiger partial charge in [0.1, 0.15) is 0 Å². The van der Waals surface area contributed by atoms with Crippen molar-refractivity contribution in [2.45, 2.75) is 117 Å². The first-order valence-electron chi connectivity index (χ1n) is 17.2. The van der Waals surface area contributed by atoms with Crippen LogP contribution in [0.3, 0.4) is 0 Å². The number of hydrogen-bond acceptors (Lipinski definition) is 0. The fourth-order valence-electron chi connectivity index (χ4n) is 6.31. The van der Waals surface area contributed by atoms with Crippen molar-refractivity contribution < 1.29 is 33.0 Å². The second kappa shape index (κ2) is 29.2. The summed E-state index contributed by atoms with van der Waals surface area (Å²) in [5.41, 5.74) is 5.61. The van der Waals surface area contributed by atoms with Crippen molar-refractivity contribution in [3.05, 3.63) is 121 Å². The van der Waals surface area contributed by atoms with E-state index in [2.05, 4.69) is 180 Å². The van der Waals surface area contributed by atoms with Crippen LogP contribution in [0.1, 0.15) is 83.1 Å². The molecule has 0 aliphatic carbocycles. The van der Waals surface area contributed by atoms with Crippen LogP contribution < -0.4 is 21.2 Å². The minimum absolute atomic E-state index is 0. The standard InChI is InChI=1S/2C12H10P.2C9H21P.2Ni/c2*1-3-7-11(8-4-1)13-12-9-5-2-6-10-12;2*1-7(2)10(8(3)4)9(5)6;;/h2*1-10H;2*7-9H,1-6H3;;/q2*-1;;;;/p+2. The molecule has 0 spiro atoms. The summed E-state index contributed by atoms with van der Waals surface area (Å²) in [6.07, 6.45) is 0. The van der Waals surface area contributed by atoms with Crippen LogP contribution in [0.4, 0.5) is 0 Å². The number of hydrogen-bond donors (Lipinski definition) is 0. The first-order valence-corrected chi connectivity index (χ1v) is 22.5. The van der Waals surface area contributed by atoms with Gasteiger partial charge in [0.05, 0.1) is 34.0 Å². The van der Waals surface area contributed by atoms with Crippen LogP contribution in [0, 0.1) is 0 Å². The molecule has 0 aromatic heterocycles. The molecule has 4 aromatic rings. The fraction of sp³-hybridized carbons (Fsp3) is 0.429. The molecule has 0 aliphatic heterocycles. The molecule has 6 heteroatoms. The molecule has 0 N–H and O–H groups in total. The van der Waals surface area contributed by atoms with E-state index in [4.69, 9.17) is 0 Å². The minimum atomic E-state index is -0.0957. The van der Waals surface area contributed by atoms with Crippen molar-refractivity contribution >= 4 is 54.2 Å². The largest absolute Gasteiger partial charge is 0.472 e. The predicted molar refractivity (Wildman–Crippen MR) is 226 cm³/mol. The second-order valence-electron chi connectivity index (χ2n) is 13.5. The third kappa shape index (κ3) is 22.4. The van der Waals surface area contributed by atoms with Crippen molar-refractivity contribution in [2.24, 2.45) is 0 Å². The van der Waals surface area contributed by atoms with Gasteiger partial charge in [0.15, 0.2) is 0 Å². The first-order chi connectivity index (χ1) is 21.8. The Morgan fingerprint density at radius 1 is 0.292 bits per heavy atom. The summed E-state index contributed by atoms with van der Waals surface area (Å²) in [5.74, 6) is 0. The van der Waals surface area contributed by atoms with Gasteiger partial charge in [-0.3, -0.25) is 0 Å². The smallest absolute Gasteiger partial charge is 0.0624 e. The van der Waals surface area contributed by atoms with Crippen LogP contribution >= 0.6 is 33.0 Å². The van der Waals surface area contributed by atoms with Crippen LogP contribution in [0.15, 0.2) is 121 Å². The third-order valence-electron chi connectivity index (χ3n) is 7.54. The Labute approximate surface area is 323 Å². The summed E-state index contributed by atoms with van der Waals surface area (Å²) < 4.78 is 0. The molecule has 0 aliphatic rings. The van der Waals surface area contributed by atoms with Crippen LogP contribution in [-0.4, -0.2) is 34.0 Å². The van der Waals surface area contributed by atoms with Crippen molar-refractivity contribution in [3.8, 4) is 0 Å². The van der Waals surface area contributed by atoms with Gasteiger partial charge < -0.3 is 17.2 Å². The summed E-state index contributed by atoms with van der Waals surface area (Å²) in [5, 5.41) is 5.37. The molecule has 4 rings (SSSR count). The Bertz CT molecular complexity index is 1040. The molecule has 272 valence electrons. The summed E-state index contributed by atoms with van der Waals surface area (Å²) in [7, 11) is 2.37. The molecule has 0 unspecified atom stereocenters. The molecule has 0 heterocycles. The van der Waals surface area contributed by atoms with Gasteiger partial charge >= 0.3 is 0 Å². The van der Waals surface area contributed by atoms with E-state index in [0.29, 0.717) is 0 Å². The first kappa shape index (κ1) is 49.7. The zero-order chi connectivity index (χ0) is 34.5. The molecular weight excluding hydrogens is 746 g/mol. The molecule has 4 aromatic carbocycles. The summed E-state index contributed by atoms with van der Waals surface area (Å²) in [6, 6.07) is 42.0. The average molecular weight is 810 g/mol. The van der Waals surface area contributed by atoms with Gasteiger partial charge in [0.25, 0.3) is 0 Å². The molecule has 0 fully saturated rings. The van der Waals surface area contributed by atoms with E-state index in [1.54, 1.807) is 0 Å². The predicted octanol–water partition coefficient (Wildman–Crippen LogP) is 12.0. The molecule has 0 nitrogen and oxygen atoms in total. The summed E-state index contributed by atoms with van der Waals surface area (Å²) in [4.78, 5) is 0. The Kier molecular flexibility index (Phi) is 30.2. The Morgan fingerprint density at radius 2 is 0.438 bits per heavy atom. The van der Waals surface area contributed by atoms with E-state index in [-0.39, 0.29) is 48.8 Å². The SMILES string of the molecule is CC(C)[PH+](C(C)C)C(C)C.CC(C)[PH+](C(C)C)C(C)C.[Ni].[Ni].c1ccc([P-]c2ccccc2)cc1.c1ccc([P-]c2ccccc2)cc1. The summed E-state index contributed by atoms with van der Waals surface area (Å²) >= 11 is 0. The van der Waals surface area contributed by atoms with E-state index in [9.17, 15) is 0 Å². The zero-order valence-electron chi connectivity index (χ0n) is 31.5. The molecule has 0 radical (unpaired) electrons. The second-order valence-corrected chi connectivity index (χ2v) is 24.9. The monoisotopic (exact) mass is 808 g/mol. The van der Waals surface area contributed by atoms with Gasteiger partial charge in [-0.15, -0.1) is 0 Å². The van der Waals surface area contributed by atoms with Crippen LogP contribution in [0.25, 0.3) is 0 Å². The Hall–Kier alpha value is -0.413. The van der Waals surface area contributed by atoms with Gasteiger partial charge in [0.2, 0.25) is 0 Å². The fourth-order valence-corrected chi connectivity index (χ4v) is 16.2. The minimum Gasteiger partial charge on any atom is -0.472 e. The maximum absolute atomic E-state index is 2.37. The molecule has 0 saturated heterocycles. The van der Waals surface area contributed by atoms with E-state index in [0.717, 1.165) is 34.0 Å². The van der Waals surface area contributed by atoms with Gasteiger partial charge in [-0.05, 0) is 83.1 Å². The molecule has 0 saturated carbocycles. The molecule has 0 amide bonds. The molecule has 48 heavy (non-hydrogen) atoms. The van der Waals surface area contributed by atoms with Gasteiger partial charge in [-0.2, -0.15) is 0 Å². The van der Waals surface area contributed by atoms with E-state index in [1.165, 1.54) is 38.4 Å². The van der Waals surface area contributed by atoms with Crippen LogP contribution in [-0.2, 0) is 33.0 Å². The van der Waals surface area contributed by atoms with Gasteiger partial charge in [-0.1, -0.05) is 121 Å². The van der Waals surface area contributed by atoms with E-state index < -0.39 is 0 Å². The Balaban J connectivity index is 0.